The van der Waals surface area contributed by atoms with Gasteiger partial charge in [0.25, 0.3) is 0 Å². The number of carbonyl (C=O) groups is 1. The number of piperidine rings is 1. The van der Waals surface area contributed by atoms with Crippen molar-refractivity contribution in [2.45, 2.75) is 65.1 Å². The lowest BCUT2D eigenvalue weighted by molar-refractivity contribution is -0.136. The second kappa shape index (κ2) is 7.85. The zero-order valence-corrected chi connectivity index (χ0v) is 13.3. The van der Waals surface area contributed by atoms with E-state index in [2.05, 4.69) is 45.0 Å². The number of nitrogens with zero attached hydrogens (tertiary/aromatic N) is 2. The third-order valence-electron chi connectivity index (χ3n) is 3.89. The third-order valence-corrected chi connectivity index (χ3v) is 3.89. The van der Waals surface area contributed by atoms with E-state index in [4.69, 9.17) is 0 Å². The summed E-state index contributed by atoms with van der Waals surface area (Å²) >= 11 is 0. The second-order valence-corrected chi connectivity index (χ2v) is 6.27. The normalized spacial score (nSPS) is 20.9. The maximum atomic E-state index is 12.3. The van der Waals surface area contributed by atoms with Gasteiger partial charge in [-0.3, -0.25) is 4.79 Å². The van der Waals surface area contributed by atoms with E-state index in [9.17, 15) is 4.79 Å². The monoisotopic (exact) mass is 269 g/mol. The summed E-state index contributed by atoms with van der Waals surface area (Å²) in [5, 5.41) is 3.38. The number of rotatable bonds is 7. The Morgan fingerprint density at radius 2 is 2.05 bits per heavy atom. The maximum absolute atomic E-state index is 12.3. The van der Waals surface area contributed by atoms with Gasteiger partial charge < -0.3 is 15.1 Å². The molecule has 112 valence electrons. The van der Waals surface area contributed by atoms with Crippen molar-refractivity contribution in [2.75, 3.05) is 26.7 Å². The topological polar surface area (TPSA) is 35.6 Å². The molecule has 0 aromatic rings. The molecular weight excluding hydrogens is 238 g/mol. The predicted octanol–water partition coefficient (Wildman–Crippen LogP) is 1.71. The second-order valence-electron chi connectivity index (χ2n) is 6.27. The minimum absolute atomic E-state index is 0.0385. The highest BCUT2D eigenvalue weighted by Crippen LogP contribution is 2.13. The van der Waals surface area contributed by atoms with Crippen LogP contribution in [0.15, 0.2) is 0 Å². The molecule has 1 atom stereocenters. The van der Waals surface area contributed by atoms with Crippen LogP contribution in [0.3, 0.4) is 0 Å². The summed E-state index contributed by atoms with van der Waals surface area (Å²) in [6, 6.07) is 0.991. The van der Waals surface area contributed by atoms with E-state index in [1.807, 2.05) is 4.90 Å². The molecule has 0 spiro atoms. The van der Waals surface area contributed by atoms with Crippen molar-refractivity contribution in [1.82, 2.24) is 15.1 Å². The first-order valence-electron chi connectivity index (χ1n) is 7.67. The summed E-state index contributed by atoms with van der Waals surface area (Å²) in [6.45, 7) is 11.5. The lowest BCUT2D eigenvalue weighted by Gasteiger charge is -2.34. The Bertz CT molecular complexity index is 279. The summed E-state index contributed by atoms with van der Waals surface area (Å²) in [4.78, 5) is 16.7. The molecule has 1 rings (SSSR count). The number of hydrogen-bond acceptors (Lipinski definition) is 3. The molecule has 0 aliphatic carbocycles. The Kier molecular flexibility index (Phi) is 6.80. The summed E-state index contributed by atoms with van der Waals surface area (Å²) < 4.78 is 0. The Morgan fingerprint density at radius 3 is 2.63 bits per heavy atom. The zero-order valence-electron chi connectivity index (χ0n) is 13.3. The van der Waals surface area contributed by atoms with Crippen LogP contribution >= 0.6 is 0 Å². The predicted molar refractivity (Wildman–Crippen MR) is 80.3 cm³/mol. The molecule has 1 unspecified atom stereocenters. The van der Waals surface area contributed by atoms with Crippen LogP contribution in [0.1, 0.15) is 47.0 Å². The average molecular weight is 269 g/mol. The molecule has 4 heteroatoms. The fraction of sp³-hybridized carbons (Fsp3) is 0.933. The van der Waals surface area contributed by atoms with Crippen LogP contribution in [0, 0.1) is 0 Å². The minimum Gasteiger partial charge on any atom is -0.341 e. The molecule has 0 saturated carbocycles. The largest absolute Gasteiger partial charge is 0.341 e. The van der Waals surface area contributed by atoms with Crippen molar-refractivity contribution < 1.29 is 4.79 Å². The highest BCUT2D eigenvalue weighted by molar-refractivity contribution is 5.82. The molecule has 19 heavy (non-hydrogen) atoms. The van der Waals surface area contributed by atoms with Gasteiger partial charge in [0.2, 0.25) is 5.91 Å². The third kappa shape index (κ3) is 5.49. The van der Waals surface area contributed by atoms with Crippen molar-refractivity contribution in [3.05, 3.63) is 0 Å². The number of carbonyl (C=O) groups excluding carboxylic acids is 1. The van der Waals surface area contributed by atoms with E-state index in [-0.39, 0.29) is 6.04 Å². The van der Waals surface area contributed by atoms with Crippen molar-refractivity contribution in [1.29, 1.82) is 0 Å². The fourth-order valence-corrected chi connectivity index (χ4v) is 2.49. The van der Waals surface area contributed by atoms with Gasteiger partial charge in [0.15, 0.2) is 0 Å². The van der Waals surface area contributed by atoms with E-state index < -0.39 is 0 Å². The lowest BCUT2D eigenvalue weighted by Crippen LogP contribution is -2.52. The minimum atomic E-state index is 0.0385. The Hall–Kier alpha value is -0.610. The van der Waals surface area contributed by atoms with Crippen molar-refractivity contribution in [3.8, 4) is 0 Å². The van der Waals surface area contributed by atoms with Crippen LogP contribution in [0.5, 0.6) is 0 Å². The number of amides is 1. The van der Waals surface area contributed by atoms with Gasteiger partial charge in [0, 0.05) is 25.2 Å². The first kappa shape index (κ1) is 16.4. The van der Waals surface area contributed by atoms with Gasteiger partial charge in [0.1, 0.15) is 0 Å². The quantitative estimate of drug-likeness (QED) is 0.764. The van der Waals surface area contributed by atoms with Crippen molar-refractivity contribution >= 4 is 5.91 Å². The molecule has 0 aromatic carbocycles. The van der Waals surface area contributed by atoms with Crippen LogP contribution in [0.2, 0.25) is 0 Å². The van der Waals surface area contributed by atoms with Gasteiger partial charge in [-0.05, 0) is 46.7 Å². The van der Waals surface area contributed by atoms with Crippen LogP contribution in [-0.2, 0) is 4.79 Å². The number of hydrogen-bond donors (Lipinski definition) is 1. The molecule has 1 N–H and O–H groups in total. The molecule has 0 aromatic heterocycles. The molecule has 1 saturated heterocycles. The summed E-state index contributed by atoms with van der Waals surface area (Å²) in [6.07, 6.45) is 3.17. The first-order chi connectivity index (χ1) is 8.91. The molecule has 4 nitrogen and oxygen atoms in total. The van der Waals surface area contributed by atoms with Crippen LogP contribution < -0.4 is 5.32 Å². The molecule has 0 bridgehead atoms. The van der Waals surface area contributed by atoms with E-state index in [1.165, 1.54) is 0 Å². The smallest absolute Gasteiger partial charge is 0.239 e. The maximum Gasteiger partial charge on any atom is 0.239 e. The van der Waals surface area contributed by atoms with Gasteiger partial charge in [0.05, 0.1) is 6.04 Å². The summed E-state index contributed by atoms with van der Waals surface area (Å²) in [5.74, 6) is 0.298. The molecule has 1 aliphatic heterocycles. The molecule has 1 amide bonds. The number of likely N-dealkylation sites (tertiary alicyclic amines) is 1. The van der Waals surface area contributed by atoms with Crippen LogP contribution in [-0.4, -0.2) is 60.5 Å². The standard InChI is InChI=1S/C15H31N3O/c1-12(2)16-14-8-6-10-18(15(14)19)11-7-9-17(5)13(3)4/h12-14,16H,6-11H2,1-5H3. The molecule has 0 radical (unpaired) electrons. The Labute approximate surface area is 118 Å². The van der Waals surface area contributed by atoms with Gasteiger partial charge in [-0.15, -0.1) is 0 Å². The van der Waals surface area contributed by atoms with Crippen LogP contribution in [0.4, 0.5) is 0 Å². The van der Waals surface area contributed by atoms with E-state index in [0.29, 0.717) is 18.0 Å². The van der Waals surface area contributed by atoms with Gasteiger partial charge in [-0.1, -0.05) is 13.8 Å². The Balaban J connectivity index is 2.35. The molecule has 1 fully saturated rings. The summed E-state index contributed by atoms with van der Waals surface area (Å²) in [5.41, 5.74) is 0. The molecular formula is C15H31N3O. The van der Waals surface area contributed by atoms with E-state index in [1.54, 1.807) is 0 Å². The number of nitrogens with one attached hydrogen (secondary N) is 1. The van der Waals surface area contributed by atoms with Crippen molar-refractivity contribution in [2.24, 2.45) is 0 Å². The fourth-order valence-electron chi connectivity index (χ4n) is 2.49. The van der Waals surface area contributed by atoms with Gasteiger partial charge >= 0.3 is 0 Å². The highest BCUT2D eigenvalue weighted by atomic mass is 16.2. The van der Waals surface area contributed by atoms with E-state index in [0.717, 1.165) is 38.9 Å². The highest BCUT2D eigenvalue weighted by Gasteiger charge is 2.28. The molecule has 1 aliphatic rings. The Morgan fingerprint density at radius 1 is 1.37 bits per heavy atom. The van der Waals surface area contributed by atoms with E-state index >= 15 is 0 Å². The first-order valence-corrected chi connectivity index (χ1v) is 7.67. The summed E-state index contributed by atoms with van der Waals surface area (Å²) in [7, 11) is 2.14. The molecule has 1 heterocycles. The van der Waals surface area contributed by atoms with Crippen molar-refractivity contribution in [3.63, 3.8) is 0 Å². The van der Waals surface area contributed by atoms with Gasteiger partial charge in [-0.25, -0.2) is 0 Å². The van der Waals surface area contributed by atoms with Gasteiger partial charge in [-0.2, -0.15) is 0 Å². The van der Waals surface area contributed by atoms with Crippen LogP contribution in [0.25, 0.3) is 0 Å². The lowest BCUT2D eigenvalue weighted by atomic mass is 10.0. The zero-order chi connectivity index (χ0) is 14.4. The SMILES string of the molecule is CC(C)NC1CCCN(CCCN(C)C(C)C)C1=O. The average Bonchev–Trinajstić information content (AvgIpc) is 2.32.